The van der Waals surface area contributed by atoms with Crippen molar-refractivity contribution in [3.05, 3.63) is 60.8 Å². The van der Waals surface area contributed by atoms with Crippen LogP contribution in [-0.2, 0) is 9.53 Å². The molecular weight excluding hydrogens is 528 g/mol. The highest BCUT2D eigenvalue weighted by atomic mass is 127. The van der Waals surface area contributed by atoms with Gasteiger partial charge < -0.3 is 14.2 Å². The molecule has 8 heteroatoms. The molecule has 0 aliphatic carbocycles. The van der Waals surface area contributed by atoms with Crippen LogP contribution in [0.3, 0.4) is 0 Å². The molecule has 0 aromatic heterocycles. The maximum Gasteiger partial charge on any atom is 0.363 e. The van der Waals surface area contributed by atoms with E-state index >= 15 is 0 Å². The normalized spacial score (nSPS) is 14.7. The smallest absolute Gasteiger partial charge is 0.363 e. The first kappa shape index (κ1) is 21.9. The molecule has 0 saturated carbocycles. The van der Waals surface area contributed by atoms with Crippen LogP contribution in [0.4, 0.5) is 0 Å². The van der Waals surface area contributed by atoms with E-state index in [1.54, 1.807) is 24.3 Å². The zero-order valence-electron chi connectivity index (χ0n) is 15.8. The fourth-order valence-electron chi connectivity index (χ4n) is 2.62. The average molecular weight is 546 g/mol. The molecule has 0 N–H and O–H groups in total. The summed E-state index contributed by atoms with van der Waals surface area (Å²) in [5.41, 5.74) is 1.36. The summed E-state index contributed by atoms with van der Waals surface area (Å²) in [7, 11) is 0. The summed E-state index contributed by atoms with van der Waals surface area (Å²) >= 11 is 14.8. The van der Waals surface area contributed by atoms with Gasteiger partial charge >= 0.3 is 5.97 Å². The van der Waals surface area contributed by atoms with Crippen LogP contribution < -0.4 is 9.47 Å². The Hall–Kier alpha value is -1.77. The summed E-state index contributed by atoms with van der Waals surface area (Å²) in [6, 6.07) is 8.86. The zero-order valence-corrected chi connectivity index (χ0v) is 19.5. The first-order chi connectivity index (χ1) is 13.9. The van der Waals surface area contributed by atoms with Crippen molar-refractivity contribution in [1.29, 1.82) is 0 Å². The van der Waals surface area contributed by atoms with Gasteiger partial charge in [-0.2, -0.15) is 0 Å². The Kier molecular flexibility index (Phi) is 7.43. The Bertz CT molecular complexity index is 1000. The predicted molar refractivity (Wildman–Crippen MR) is 123 cm³/mol. The monoisotopic (exact) mass is 545 g/mol. The number of nitrogens with zero attached hydrogens (tertiary/aromatic N) is 1. The minimum Gasteiger partial charge on any atom is -0.490 e. The molecule has 1 aliphatic rings. The molecular formula is C21H18Cl2INO4. The summed E-state index contributed by atoms with van der Waals surface area (Å²) in [6.07, 6.45) is 2.44. The largest absolute Gasteiger partial charge is 0.490 e. The molecule has 2 aromatic carbocycles. The molecule has 1 heterocycles. The molecule has 1 aliphatic heterocycles. The first-order valence-corrected chi connectivity index (χ1v) is 10.8. The van der Waals surface area contributed by atoms with Gasteiger partial charge in [0.05, 0.1) is 28.8 Å². The maximum absolute atomic E-state index is 12.3. The molecule has 0 bridgehead atoms. The Morgan fingerprint density at radius 1 is 1.14 bits per heavy atom. The number of aliphatic imine (C=N–C) groups is 1. The second-order valence-electron chi connectivity index (χ2n) is 6.07. The Balaban J connectivity index is 1.97. The molecule has 0 radical (unpaired) electrons. The molecule has 0 amide bonds. The van der Waals surface area contributed by atoms with Crippen LogP contribution in [0, 0.1) is 3.57 Å². The third-order valence-electron chi connectivity index (χ3n) is 3.86. The van der Waals surface area contributed by atoms with E-state index in [1.165, 1.54) is 0 Å². The van der Waals surface area contributed by atoms with Crippen LogP contribution in [0.1, 0.15) is 31.4 Å². The van der Waals surface area contributed by atoms with Gasteiger partial charge in [-0.3, -0.25) is 0 Å². The number of esters is 1. The topological polar surface area (TPSA) is 57.1 Å². The van der Waals surface area contributed by atoms with Crippen molar-refractivity contribution < 1.29 is 19.0 Å². The van der Waals surface area contributed by atoms with Crippen molar-refractivity contribution in [2.45, 2.75) is 20.3 Å². The van der Waals surface area contributed by atoms with Crippen LogP contribution in [0.5, 0.6) is 11.5 Å². The Labute approximate surface area is 192 Å². The molecule has 29 heavy (non-hydrogen) atoms. The quantitative estimate of drug-likeness (QED) is 0.238. The number of benzene rings is 2. The molecule has 3 rings (SSSR count). The van der Waals surface area contributed by atoms with Gasteiger partial charge in [-0.25, -0.2) is 9.79 Å². The summed E-state index contributed by atoms with van der Waals surface area (Å²) in [4.78, 5) is 16.6. The molecule has 0 atom stereocenters. The van der Waals surface area contributed by atoms with E-state index in [0.717, 1.165) is 9.99 Å². The van der Waals surface area contributed by atoms with Gasteiger partial charge in [0.25, 0.3) is 0 Å². The van der Waals surface area contributed by atoms with E-state index in [4.69, 9.17) is 37.4 Å². The van der Waals surface area contributed by atoms with Crippen molar-refractivity contribution in [3.8, 4) is 11.5 Å². The van der Waals surface area contributed by atoms with Crippen molar-refractivity contribution in [3.63, 3.8) is 0 Å². The molecule has 0 spiro atoms. The number of halogens is 3. The van der Waals surface area contributed by atoms with Crippen molar-refractivity contribution in [2.24, 2.45) is 4.99 Å². The lowest BCUT2D eigenvalue weighted by atomic mass is 10.1. The fourth-order valence-corrected chi connectivity index (χ4v) is 3.59. The lowest BCUT2D eigenvalue weighted by Crippen LogP contribution is -2.06. The van der Waals surface area contributed by atoms with Crippen LogP contribution in [-0.4, -0.2) is 25.1 Å². The van der Waals surface area contributed by atoms with Crippen LogP contribution in [0.15, 0.2) is 41.0 Å². The SMILES string of the molecule is CCCOc1c(Cl)cc(C=C2N=C(c3cc(I)ccc3Cl)OC2=O)cc1OCC. The van der Waals surface area contributed by atoms with Gasteiger partial charge in [0.15, 0.2) is 17.2 Å². The standard InChI is InChI=1S/C21H18Cl2INO4/c1-3-7-28-19-16(23)8-12(10-18(19)27-4-2)9-17-21(26)29-20(25-17)14-11-13(24)5-6-15(14)22/h5-6,8-11H,3-4,7H2,1-2H3. The minimum atomic E-state index is -0.560. The lowest BCUT2D eigenvalue weighted by molar-refractivity contribution is -0.129. The van der Waals surface area contributed by atoms with Gasteiger partial charge in [-0.1, -0.05) is 30.1 Å². The van der Waals surface area contributed by atoms with E-state index in [0.29, 0.717) is 45.9 Å². The molecule has 5 nitrogen and oxygen atoms in total. The lowest BCUT2D eigenvalue weighted by Gasteiger charge is -2.14. The predicted octanol–water partition coefficient (Wildman–Crippen LogP) is 6.13. The van der Waals surface area contributed by atoms with Crippen molar-refractivity contribution in [1.82, 2.24) is 0 Å². The average Bonchev–Trinajstić information content (AvgIpc) is 3.03. The second-order valence-corrected chi connectivity index (χ2v) is 8.13. The van der Waals surface area contributed by atoms with Crippen LogP contribution in [0.25, 0.3) is 6.08 Å². The highest BCUT2D eigenvalue weighted by molar-refractivity contribution is 14.1. The Morgan fingerprint density at radius 2 is 1.93 bits per heavy atom. The maximum atomic E-state index is 12.3. The van der Waals surface area contributed by atoms with E-state index in [2.05, 4.69) is 27.6 Å². The Morgan fingerprint density at radius 3 is 2.66 bits per heavy atom. The molecule has 0 unspecified atom stereocenters. The second kappa shape index (κ2) is 9.82. The summed E-state index contributed by atoms with van der Waals surface area (Å²) in [5, 5.41) is 0.852. The molecule has 0 fully saturated rings. The van der Waals surface area contributed by atoms with Crippen LogP contribution >= 0.6 is 45.8 Å². The van der Waals surface area contributed by atoms with Gasteiger partial charge in [0.2, 0.25) is 5.90 Å². The number of hydrogen-bond donors (Lipinski definition) is 0. The van der Waals surface area contributed by atoms with Crippen molar-refractivity contribution in [2.75, 3.05) is 13.2 Å². The number of ether oxygens (including phenoxy) is 3. The van der Waals surface area contributed by atoms with Gasteiger partial charge in [-0.05, 0) is 77.9 Å². The summed E-state index contributed by atoms with van der Waals surface area (Å²) < 4.78 is 17.6. The van der Waals surface area contributed by atoms with E-state index < -0.39 is 5.97 Å². The number of hydrogen-bond acceptors (Lipinski definition) is 5. The minimum absolute atomic E-state index is 0.149. The number of cyclic esters (lactones) is 1. The fraction of sp³-hybridized carbons (Fsp3) is 0.238. The number of rotatable bonds is 7. The van der Waals surface area contributed by atoms with Gasteiger partial charge in [-0.15, -0.1) is 0 Å². The highest BCUT2D eigenvalue weighted by Crippen LogP contribution is 2.38. The van der Waals surface area contributed by atoms with Gasteiger partial charge in [0, 0.05) is 3.57 Å². The highest BCUT2D eigenvalue weighted by Gasteiger charge is 2.26. The number of carbonyl (C=O) groups is 1. The summed E-state index contributed by atoms with van der Waals surface area (Å²) in [5.74, 6) is 0.608. The molecule has 152 valence electrons. The molecule has 2 aromatic rings. The third kappa shape index (κ3) is 5.24. The van der Waals surface area contributed by atoms with Crippen LogP contribution in [0.2, 0.25) is 10.0 Å². The van der Waals surface area contributed by atoms with Gasteiger partial charge in [0.1, 0.15) is 0 Å². The molecule has 0 saturated heterocycles. The van der Waals surface area contributed by atoms with Crippen molar-refractivity contribution >= 4 is 63.7 Å². The first-order valence-electron chi connectivity index (χ1n) is 9.00. The van der Waals surface area contributed by atoms with E-state index in [-0.39, 0.29) is 11.6 Å². The van der Waals surface area contributed by atoms with E-state index in [1.807, 2.05) is 26.0 Å². The zero-order chi connectivity index (χ0) is 21.0. The summed E-state index contributed by atoms with van der Waals surface area (Å²) in [6.45, 7) is 4.86. The van der Waals surface area contributed by atoms with E-state index in [9.17, 15) is 4.79 Å². The number of carbonyl (C=O) groups excluding carboxylic acids is 1. The third-order valence-corrected chi connectivity index (χ3v) is 5.15.